The zero-order chi connectivity index (χ0) is 25.6. The third kappa shape index (κ3) is 4.50. The average Bonchev–Trinajstić information content (AvgIpc) is 3.27. The SMILES string of the molecule is COc1ccc(COC(=O)C2=C(C)NC3=C(C(=O)CC(C)(C)C3)C2c2cc3c(cc2Br)OCO3)cc1. The zero-order valence-corrected chi connectivity index (χ0v) is 22.3. The molecule has 8 heteroatoms. The van der Waals surface area contributed by atoms with Crippen LogP contribution in [0.15, 0.2) is 63.4 Å². The Morgan fingerprint density at radius 3 is 2.53 bits per heavy atom. The highest BCUT2D eigenvalue weighted by atomic mass is 79.9. The van der Waals surface area contributed by atoms with E-state index >= 15 is 0 Å². The van der Waals surface area contributed by atoms with E-state index in [2.05, 4.69) is 35.1 Å². The van der Waals surface area contributed by atoms with Gasteiger partial charge in [0.1, 0.15) is 12.4 Å². The molecule has 3 aliphatic rings. The highest BCUT2D eigenvalue weighted by molar-refractivity contribution is 9.10. The Kier molecular flexibility index (Phi) is 6.32. The van der Waals surface area contributed by atoms with Crippen LogP contribution in [0.2, 0.25) is 0 Å². The van der Waals surface area contributed by atoms with Gasteiger partial charge in [0.2, 0.25) is 6.79 Å². The predicted molar refractivity (Wildman–Crippen MR) is 137 cm³/mol. The van der Waals surface area contributed by atoms with Crippen LogP contribution in [-0.4, -0.2) is 25.7 Å². The van der Waals surface area contributed by atoms with Gasteiger partial charge in [-0.3, -0.25) is 4.79 Å². The van der Waals surface area contributed by atoms with Gasteiger partial charge in [0.05, 0.1) is 12.7 Å². The van der Waals surface area contributed by atoms with Gasteiger partial charge in [-0.2, -0.15) is 0 Å². The topological polar surface area (TPSA) is 83.1 Å². The summed E-state index contributed by atoms with van der Waals surface area (Å²) in [6.07, 6.45) is 1.11. The summed E-state index contributed by atoms with van der Waals surface area (Å²) in [5.41, 5.74) is 3.97. The number of rotatable bonds is 5. The Morgan fingerprint density at radius 1 is 1.14 bits per heavy atom. The Bertz CT molecular complexity index is 1310. The summed E-state index contributed by atoms with van der Waals surface area (Å²) in [6.45, 7) is 6.25. The molecule has 1 aliphatic carbocycles. The summed E-state index contributed by atoms with van der Waals surface area (Å²) in [5.74, 6) is 0.879. The third-order valence-electron chi connectivity index (χ3n) is 6.79. The van der Waals surface area contributed by atoms with Gasteiger partial charge in [0, 0.05) is 33.8 Å². The number of hydrogen-bond acceptors (Lipinski definition) is 7. The van der Waals surface area contributed by atoms with Crippen molar-refractivity contribution in [3.63, 3.8) is 0 Å². The molecule has 5 rings (SSSR count). The van der Waals surface area contributed by atoms with Gasteiger partial charge in [0.15, 0.2) is 17.3 Å². The lowest BCUT2D eigenvalue weighted by atomic mass is 9.68. The number of benzene rings is 2. The molecule has 0 spiro atoms. The molecule has 1 atom stereocenters. The van der Waals surface area contributed by atoms with Crippen molar-refractivity contribution in [3.8, 4) is 17.2 Å². The Morgan fingerprint density at radius 2 is 1.83 bits per heavy atom. The van der Waals surface area contributed by atoms with Crippen LogP contribution in [0.5, 0.6) is 17.2 Å². The first-order chi connectivity index (χ1) is 17.2. The number of fused-ring (bicyclic) bond motifs is 1. The second-order valence-electron chi connectivity index (χ2n) is 10.1. The number of ether oxygens (including phenoxy) is 4. The Hall–Kier alpha value is -3.26. The Balaban J connectivity index is 1.54. The maximum Gasteiger partial charge on any atom is 0.337 e. The fourth-order valence-electron chi connectivity index (χ4n) is 5.12. The third-order valence-corrected chi connectivity index (χ3v) is 7.48. The summed E-state index contributed by atoms with van der Waals surface area (Å²) in [6, 6.07) is 11.0. The second kappa shape index (κ2) is 9.32. The van der Waals surface area contributed by atoms with Gasteiger partial charge >= 0.3 is 5.97 Å². The summed E-state index contributed by atoms with van der Waals surface area (Å²) < 4.78 is 22.8. The van der Waals surface area contributed by atoms with E-state index < -0.39 is 11.9 Å². The second-order valence-corrected chi connectivity index (χ2v) is 10.9. The molecule has 0 bridgehead atoms. The molecule has 0 radical (unpaired) electrons. The fraction of sp³-hybridized carbons (Fsp3) is 0.357. The van der Waals surface area contributed by atoms with Crippen LogP contribution in [0.4, 0.5) is 0 Å². The van der Waals surface area contributed by atoms with E-state index in [0.29, 0.717) is 41.2 Å². The smallest absolute Gasteiger partial charge is 0.337 e. The first kappa shape index (κ1) is 24.4. The van der Waals surface area contributed by atoms with Gasteiger partial charge in [-0.15, -0.1) is 0 Å². The maximum atomic E-state index is 13.6. The molecule has 2 heterocycles. The van der Waals surface area contributed by atoms with E-state index in [1.807, 2.05) is 43.3 Å². The molecule has 0 saturated heterocycles. The molecule has 0 saturated carbocycles. The van der Waals surface area contributed by atoms with E-state index in [-0.39, 0.29) is 24.6 Å². The van der Waals surface area contributed by atoms with E-state index in [4.69, 9.17) is 18.9 Å². The van der Waals surface area contributed by atoms with Gasteiger partial charge in [-0.1, -0.05) is 41.9 Å². The number of methoxy groups -OCH3 is 1. The number of carbonyl (C=O) groups excluding carboxylic acids is 2. The quantitative estimate of drug-likeness (QED) is 0.487. The first-order valence-electron chi connectivity index (χ1n) is 11.8. The van der Waals surface area contributed by atoms with Gasteiger partial charge in [-0.05, 0) is 54.2 Å². The molecule has 36 heavy (non-hydrogen) atoms. The van der Waals surface area contributed by atoms with Crippen LogP contribution in [0.25, 0.3) is 0 Å². The minimum Gasteiger partial charge on any atom is -0.497 e. The number of esters is 1. The zero-order valence-electron chi connectivity index (χ0n) is 20.7. The number of carbonyl (C=O) groups is 2. The van der Waals surface area contributed by atoms with Crippen molar-refractivity contribution in [1.29, 1.82) is 0 Å². The highest BCUT2D eigenvalue weighted by Crippen LogP contribution is 2.50. The predicted octanol–water partition coefficient (Wildman–Crippen LogP) is 5.53. The fourth-order valence-corrected chi connectivity index (χ4v) is 5.67. The van der Waals surface area contributed by atoms with Crippen molar-refractivity contribution in [2.75, 3.05) is 13.9 Å². The molecule has 188 valence electrons. The standard InChI is InChI=1S/C28H28BrNO6/c1-15-24(27(32)34-13-16-5-7-17(33-4)8-6-16)25(18-9-22-23(10-19(18)29)36-14-35-22)26-20(30-15)11-28(2,3)12-21(26)31/h5-10,25,30H,11-14H2,1-4H3. The van der Waals surface area contributed by atoms with Crippen molar-refractivity contribution in [3.05, 3.63) is 74.5 Å². The lowest BCUT2D eigenvalue weighted by Crippen LogP contribution is -2.38. The minimum atomic E-state index is -0.600. The summed E-state index contributed by atoms with van der Waals surface area (Å²) in [4.78, 5) is 27.1. The normalized spacial score (nSPS) is 20.1. The van der Waals surface area contributed by atoms with Crippen molar-refractivity contribution in [1.82, 2.24) is 5.32 Å². The van der Waals surface area contributed by atoms with Crippen molar-refractivity contribution >= 4 is 27.7 Å². The first-order valence-corrected chi connectivity index (χ1v) is 12.6. The number of halogens is 1. The van der Waals surface area contributed by atoms with Gasteiger partial charge in [-0.25, -0.2) is 4.79 Å². The van der Waals surface area contributed by atoms with Crippen LogP contribution < -0.4 is 19.5 Å². The van der Waals surface area contributed by atoms with Gasteiger partial charge in [0.25, 0.3) is 0 Å². The van der Waals surface area contributed by atoms with Crippen LogP contribution in [0.3, 0.4) is 0 Å². The van der Waals surface area contributed by atoms with Crippen LogP contribution >= 0.6 is 15.9 Å². The molecular formula is C28H28BrNO6. The number of dihydropyridines is 1. The molecular weight excluding hydrogens is 526 g/mol. The van der Waals surface area contributed by atoms with Crippen molar-refractivity contribution in [2.45, 2.75) is 46.1 Å². The molecule has 2 aliphatic heterocycles. The lowest BCUT2D eigenvalue weighted by molar-refractivity contribution is -0.140. The van der Waals surface area contributed by atoms with Crippen molar-refractivity contribution < 1.29 is 28.5 Å². The molecule has 0 fully saturated rings. The molecule has 2 aromatic rings. The number of ketones is 1. The van der Waals surface area contributed by atoms with Crippen LogP contribution in [-0.2, 0) is 20.9 Å². The number of Topliss-reactive ketones (excluding diaryl/α,β-unsaturated/α-hetero) is 1. The molecule has 1 N–H and O–H groups in total. The van der Waals surface area contributed by atoms with E-state index in [9.17, 15) is 9.59 Å². The highest BCUT2D eigenvalue weighted by Gasteiger charge is 2.44. The molecule has 7 nitrogen and oxygen atoms in total. The van der Waals surface area contributed by atoms with Gasteiger partial charge < -0.3 is 24.3 Å². The number of allylic oxidation sites excluding steroid dienone is 3. The summed E-state index contributed by atoms with van der Waals surface area (Å²) in [7, 11) is 1.60. The Labute approximate surface area is 218 Å². The maximum absolute atomic E-state index is 13.6. The molecule has 0 aromatic heterocycles. The van der Waals surface area contributed by atoms with Crippen LogP contribution in [0, 0.1) is 5.41 Å². The number of nitrogens with one attached hydrogen (secondary N) is 1. The minimum absolute atomic E-state index is 0.0243. The van der Waals surface area contributed by atoms with E-state index in [0.717, 1.165) is 27.0 Å². The van der Waals surface area contributed by atoms with Crippen molar-refractivity contribution in [2.24, 2.45) is 5.41 Å². The average molecular weight is 554 g/mol. The monoisotopic (exact) mass is 553 g/mol. The summed E-state index contributed by atoms with van der Waals surface area (Å²) in [5, 5.41) is 3.37. The summed E-state index contributed by atoms with van der Waals surface area (Å²) >= 11 is 3.65. The largest absolute Gasteiger partial charge is 0.497 e. The molecule has 2 aromatic carbocycles. The van der Waals surface area contributed by atoms with Crippen LogP contribution in [0.1, 0.15) is 50.7 Å². The molecule has 1 unspecified atom stereocenters. The number of hydrogen-bond donors (Lipinski definition) is 1. The lowest BCUT2D eigenvalue weighted by Gasteiger charge is -2.39. The molecule has 0 amide bonds. The van der Waals surface area contributed by atoms with E-state index in [1.54, 1.807) is 7.11 Å². The van der Waals surface area contributed by atoms with E-state index in [1.165, 1.54) is 0 Å².